The number of hydrogen-bond donors (Lipinski definition) is 0. The molecule has 2 heteroatoms. The molecule has 0 heterocycles. The van der Waals surface area contributed by atoms with Crippen molar-refractivity contribution in [2.24, 2.45) is 5.41 Å². The molecule has 0 saturated heterocycles. The molecule has 0 saturated carbocycles. The van der Waals surface area contributed by atoms with Gasteiger partial charge >= 0.3 is 0 Å². The first-order valence-corrected chi connectivity index (χ1v) is 6.42. The lowest BCUT2D eigenvalue weighted by molar-refractivity contribution is 0.159. The summed E-state index contributed by atoms with van der Waals surface area (Å²) in [6, 6.07) is 8.35. The Labute approximate surface area is 112 Å². The molecule has 1 aromatic rings. The van der Waals surface area contributed by atoms with Gasteiger partial charge in [0.25, 0.3) is 0 Å². The maximum Gasteiger partial charge on any atom is 0.0713 e. The van der Waals surface area contributed by atoms with Gasteiger partial charge in [0, 0.05) is 20.8 Å². The first kappa shape index (κ1) is 17.1. The summed E-state index contributed by atoms with van der Waals surface area (Å²) in [7, 11) is 3.45. The average molecular weight is 252 g/mol. The van der Waals surface area contributed by atoms with E-state index in [1.165, 1.54) is 11.1 Å². The predicted molar refractivity (Wildman–Crippen MR) is 77.8 cm³/mol. The Kier molecular flexibility index (Phi) is 8.69. The number of hydrogen-bond acceptors (Lipinski definition) is 2. The zero-order valence-corrected chi connectivity index (χ0v) is 12.7. The molecule has 0 amide bonds. The lowest BCUT2D eigenvalue weighted by Crippen LogP contribution is -2.07. The van der Waals surface area contributed by atoms with E-state index in [1.807, 2.05) is 0 Å². The molecule has 0 aliphatic heterocycles. The number of rotatable bonds is 4. The van der Waals surface area contributed by atoms with Crippen molar-refractivity contribution in [1.82, 2.24) is 0 Å². The topological polar surface area (TPSA) is 18.5 Å². The molecular formula is C16H28O2. The minimum absolute atomic E-state index is 0.427. The van der Waals surface area contributed by atoms with Gasteiger partial charge in [-0.3, -0.25) is 0 Å². The highest BCUT2D eigenvalue weighted by Gasteiger charge is 2.07. The van der Waals surface area contributed by atoms with E-state index in [1.54, 1.807) is 14.2 Å². The molecule has 0 unspecified atom stereocenters. The van der Waals surface area contributed by atoms with Gasteiger partial charge in [-0.25, -0.2) is 0 Å². The molecule has 104 valence electrons. The van der Waals surface area contributed by atoms with Gasteiger partial charge in [0.2, 0.25) is 0 Å². The van der Waals surface area contributed by atoms with Crippen LogP contribution in [0.2, 0.25) is 0 Å². The third-order valence-electron chi connectivity index (χ3n) is 2.49. The molecule has 18 heavy (non-hydrogen) atoms. The monoisotopic (exact) mass is 252 g/mol. The van der Waals surface area contributed by atoms with E-state index < -0.39 is 0 Å². The number of aryl methyl sites for hydroxylation is 1. The molecule has 0 fully saturated rings. The van der Waals surface area contributed by atoms with E-state index in [-0.39, 0.29) is 0 Å². The Hall–Kier alpha value is -0.860. The number of benzene rings is 1. The van der Waals surface area contributed by atoms with Crippen LogP contribution in [0.25, 0.3) is 0 Å². The summed E-state index contributed by atoms with van der Waals surface area (Å²) in [6.45, 7) is 10.3. The fraction of sp³-hybridized carbons (Fsp3) is 0.625. The van der Waals surface area contributed by atoms with Crippen molar-refractivity contribution in [3.8, 4) is 0 Å². The van der Waals surface area contributed by atoms with Crippen LogP contribution in [0.5, 0.6) is 0 Å². The maximum atomic E-state index is 4.97. The van der Waals surface area contributed by atoms with Crippen LogP contribution in [-0.4, -0.2) is 20.8 Å². The minimum atomic E-state index is 0.427. The van der Waals surface area contributed by atoms with Gasteiger partial charge in [0.15, 0.2) is 0 Å². The Morgan fingerprint density at radius 2 is 1.50 bits per heavy atom. The Balaban J connectivity index is 0.000000331. The molecule has 1 aromatic carbocycles. The second kappa shape index (κ2) is 9.12. The van der Waals surface area contributed by atoms with E-state index in [2.05, 4.69) is 52.0 Å². The van der Waals surface area contributed by atoms with Gasteiger partial charge in [0.1, 0.15) is 0 Å². The van der Waals surface area contributed by atoms with Crippen molar-refractivity contribution in [3.63, 3.8) is 0 Å². The second-order valence-electron chi connectivity index (χ2n) is 5.72. The zero-order chi connectivity index (χ0) is 14.0. The zero-order valence-electron chi connectivity index (χ0n) is 12.7. The third-order valence-corrected chi connectivity index (χ3v) is 2.49. The van der Waals surface area contributed by atoms with Crippen molar-refractivity contribution < 1.29 is 9.47 Å². The van der Waals surface area contributed by atoms with Crippen LogP contribution in [-0.2, 0) is 16.1 Å². The van der Waals surface area contributed by atoms with Crippen molar-refractivity contribution in [2.75, 3.05) is 20.8 Å². The fourth-order valence-electron chi connectivity index (χ4n) is 1.26. The van der Waals surface area contributed by atoms with Crippen LogP contribution in [0.15, 0.2) is 24.3 Å². The van der Waals surface area contributed by atoms with E-state index in [0.29, 0.717) is 12.0 Å². The molecule has 0 N–H and O–H groups in total. The van der Waals surface area contributed by atoms with Gasteiger partial charge < -0.3 is 9.47 Å². The van der Waals surface area contributed by atoms with Gasteiger partial charge in [-0.1, -0.05) is 50.6 Å². The van der Waals surface area contributed by atoms with E-state index in [0.717, 1.165) is 13.0 Å². The highest BCUT2D eigenvalue weighted by Crippen LogP contribution is 2.17. The Morgan fingerprint density at radius 3 is 1.83 bits per heavy atom. The van der Waals surface area contributed by atoms with Crippen LogP contribution < -0.4 is 0 Å². The van der Waals surface area contributed by atoms with E-state index in [9.17, 15) is 0 Å². The number of ether oxygens (including phenoxy) is 2. The molecule has 0 spiro atoms. The van der Waals surface area contributed by atoms with Crippen molar-refractivity contribution in [2.45, 2.75) is 40.7 Å². The highest BCUT2D eigenvalue weighted by molar-refractivity contribution is 5.20. The normalized spacial score (nSPS) is 10.8. The molecule has 0 bridgehead atoms. The molecule has 0 atom stereocenters. The minimum Gasteiger partial charge on any atom is -0.385 e. The van der Waals surface area contributed by atoms with E-state index in [4.69, 9.17) is 9.47 Å². The fourth-order valence-corrected chi connectivity index (χ4v) is 1.26. The first-order chi connectivity index (χ1) is 8.39. The van der Waals surface area contributed by atoms with Crippen molar-refractivity contribution >= 4 is 0 Å². The summed E-state index contributed by atoms with van der Waals surface area (Å²) in [5.41, 5.74) is 2.95. The summed E-state index contributed by atoms with van der Waals surface area (Å²) in [5.74, 6) is 0. The molecule has 0 aromatic heterocycles. The van der Waals surface area contributed by atoms with Crippen LogP contribution >= 0.6 is 0 Å². The van der Waals surface area contributed by atoms with Crippen molar-refractivity contribution in [3.05, 3.63) is 35.4 Å². The Morgan fingerprint density at radius 1 is 0.944 bits per heavy atom. The SMILES string of the molecule is COCCC(C)(C)C.COCc1ccc(C)cc1. The predicted octanol–water partition coefficient (Wildman–Crippen LogP) is 4.21. The smallest absolute Gasteiger partial charge is 0.0713 e. The van der Waals surface area contributed by atoms with Crippen LogP contribution in [0.1, 0.15) is 38.3 Å². The molecule has 1 rings (SSSR count). The maximum absolute atomic E-state index is 4.97. The summed E-state index contributed by atoms with van der Waals surface area (Å²) in [4.78, 5) is 0. The first-order valence-electron chi connectivity index (χ1n) is 6.42. The standard InChI is InChI=1S/C9H12O.C7H16O/c1-8-3-5-9(6-4-8)7-10-2;1-7(2,3)5-6-8-4/h3-6H,7H2,1-2H3;5-6H2,1-4H3. The largest absolute Gasteiger partial charge is 0.385 e. The lowest BCUT2D eigenvalue weighted by atomic mass is 9.93. The summed E-state index contributed by atoms with van der Waals surface area (Å²) >= 11 is 0. The molecular weight excluding hydrogens is 224 g/mol. The summed E-state index contributed by atoms with van der Waals surface area (Å²) < 4.78 is 9.89. The van der Waals surface area contributed by atoms with Crippen LogP contribution in [0.3, 0.4) is 0 Å². The molecule has 0 aliphatic carbocycles. The number of methoxy groups -OCH3 is 2. The molecule has 0 radical (unpaired) electrons. The summed E-state index contributed by atoms with van der Waals surface area (Å²) in [5, 5.41) is 0. The molecule has 0 aliphatic rings. The van der Waals surface area contributed by atoms with Gasteiger partial charge in [0.05, 0.1) is 6.61 Å². The quantitative estimate of drug-likeness (QED) is 0.799. The average Bonchev–Trinajstić information content (AvgIpc) is 2.30. The highest BCUT2D eigenvalue weighted by atomic mass is 16.5. The van der Waals surface area contributed by atoms with Crippen LogP contribution in [0, 0.1) is 12.3 Å². The van der Waals surface area contributed by atoms with E-state index >= 15 is 0 Å². The van der Waals surface area contributed by atoms with Crippen LogP contribution in [0.4, 0.5) is 0 Å². The second-order valence-corrected chi connectivity index (χ2v) is 5.72. The third kappa shape index (κ3) is 10.3. The Bertz CT molecular complexity index is 296. The lowest BCUT2D eigenvalue weighted by Gasteiger charge is -2.16. The van der Waals surface area contributed by atoms with Crippen molar-refractivity contribution in [1.29, 1.82) is 0 Å². The van der Waals surface area contributed by atoms with Gasteiger partial charge in [-0.15, -0.1) is 0 Å². The molecule has 2 nitrogen and oxygen atoms in total. The van der Waals surface area contributed by atoms with Gasteiger partial charge in [-0.2, -0.15) is 0 Å². The van der Waals surface area contributed by atoms with Gasteiger partial charge in [-0.05, 0) is 24.3 Å². The summed E-state index contributed by atoms with van der Waals surface area (Å²) in [6.07, 6.45) is 1.14.